The van der Waals surface area contributed by atoms with Gasteiger partial charge in [-0.1, -0.05) is 0 Å². The molecule has 0 unspecified atom stereocenters. The predicted molar refractivity (Wildman–Crippen MR) is 53.3 cm³/mol. The number of hydrogen-bond donors (Lipinski definition) is 0. The molecule has 1 aliphatic carbocycles. The molecule has 1 heteroatoms. The van der Waals surface area contributed by atoms with E-state index in [1.165, 1.54) is 19.0 Å². The molecule has 1 rings (SSSR count). The normalized spacial score (nSPS) is 16.8. The van der Waals surface area contributed by atoms with Gasteiger partial charge in [-0.25, -0.2) is 0 Å². The van der Waals surface area contributed by atoms with Crippen LogP contribution in [-0.2, 0) is 20.0 Å². The molecule has 0 atom stereocenters. The first-order chi connectivity index (χ1) is 5.79. The quantitative estimate of drug-likeness (QED) is 0.674. The van der Waals surface area contributed by atoms with Crippen molar-refractivity contribution in [2.45, 2.75) is 39.7 Å². The van der Waals surface area contributed by atoms with Crippen LogP contribution in [0.5, 0.6) is 0 Å². The Kier molecular flexibility index (Phi) is 3.95. The molecule has 0 aliphatic heterocycles. The first-order valence-corrected chi connectivity index (χ1v) is 14.6. The van der Waals surface area contributed by atoms with Gasteiger partial charge in [0.05, 0.1) is 0 Å². The molecule has 0 N–H and O–H groups in total. The van der Waals surface area contributed by atoms with Gasteiger partial charge in [0.15, 0.2) is 0 Å². The van der Waals surface area contributed by atoms with Crippen LogP contribution in [0.4, 0.5) is 0 Å². The van der Waals surface area contributed by atoms with Crippen molar-refractivity contribution >= 4 is 0 Å². The minimum absolute atomic E-state index is 1.29. The molecule has 0 nitrogen and oxygen atoms in total. The Balaban J connectivity index is 2.77. The van der Waals surface area contributed by atoms with Crippen LogP contribution in [0.25, 0.3) is 0 Å². The van der Waals surface area contributed by atoms with Crippen LogP contribution in [0.15, 0.2) is 21.6 Å². The summed E-state index contributed by atoms with van der Waals surface area (Å²) in [6, 6.07) is 0. The topological polar surface area (TPSA) is 0 Å². The second-order valence-corrected chi connectivity index (χ2v) is 22.8. The number of hydrogen-bond acceptors (Lipinski definition) is 0. The first kappa shape index (κ1) is 10.4. The van der Waals surface area contributed by atoms with Crippen molar-refractivity contribution in [3.8, 4) is 0 Å². The molecule has 0 saturated carbocycles. The Bertz CT molecular complexity index is 189. The summed E-state index contributed by atoms with van der Waals surface area (Å²) in [5, 5.41) is 0. The van der Waals surface area contributed by atoms with Crippen molar-refractivity contribution in [1.29, 1.82) is 0 Å². The zero-order valence-electron chi connectivity index (χ0n) is 8.56. The van der Waals surface area contributed by atoms with E-state index in [1.54, 1.807) is 0 Å². The minimum atomic E-state index is -1.88. The zero-order chi connectivity index (χ0) is 9.03. The molecule has 12 heavy (non-hydrogen) atoms. The molecule has 0 aromatic carbocycles. The van der Waals surface area contributed by atoms with Crippen LogP contribution >= 0.6 is 0 Å². The molecule has 0 radical (unpaired) electrons. The van der Waals surface area contributed by atoms with Crippen molar-refractivity contribution < 1.29 is 20.0 Å². The maximum atomic E-state index is 2.41. The maximum absolute atomic E-state index is 2.41. The van der Waals surface area contributed by atoms with E-state index >= 15 is 0 Å². The molecule has 0 saturated heterocycles. The predicted octanol–water partition coefficient (Wildman–Crippen LogP) is 4.30. The van der Waals surface area contributed by atoms with E-state index in [2.05, 4.69) is 39.0 Å². The van der Waals surface area contributed by atoms with Gasteiger partial charge in [0.2, 0.25) is 0 Å². The summed E-state index contributed by atoms with van der Waals surface area (Å²) in [6.45, 7) is 7.23. The van der Waals surface area contributed by atoms with Crippen molar-refractivity contribution in [3.63, 3.8) is 0 Å². The molecule has 0 heterocycles. The second-order valence-electron chi connectivity index (χ2n) is 3.67. The summed E-state index contributed by atoms with van der Waals surface area (Å²) in [6.07, 6.45) is 8.28. The van der Waals surface area contributed by atoms with Gasteiger partial charge in [0.1, 0.15) is 0 Å². The molecule has 0 aromatic heterocycles. The summed E-state index contributed by atoms with van der Waals surface area (Å²) in [7, 11) is 0. The Morgan fingerprint density at radius 3 is 2.08 bits per heavy atom. The molecule has 0 bridgehead atoms. The Morgan fingerprint density at radius 1 is 1.17 bits per heavy atom. The van der Waals surface area contributed by atoms with Gasteiger partial charge in [-0.2, -0.15) is 0 Å². The van der Waals surface area contributed by atoms with Gasteiger partial charge in [0, 0.05) is 0 Å². The standard InChI is InChI=1S/C5H5.3C2H5.Hf/c1-2-4-5-3-1;3*1-2;/h1-3H,4H2;3*1H2,2H3;. The molecular weight excluding hydrogens is 311 g/mol. The summed E-state index contributed by atoms with van der Waals surface area (Å²) >= 11 is -1.88. The van der Waals surface area contributed by atoms with E-state index in [9.17, 15) is 0 Å². The third-order valence-electron chi connectivity index (χ3n) is 3.48. The fraction of sp³-hybridized carbons (Fsp3) is 0.636. The van der Waals surface area contributed by atoms with Crippen LogP contribution in [0.3, 0.4) is 0 Å². The van der Waals surface area contributed by atoms with Crippen molar-refractivity contribution in [2.24, 2.45) is 0 Å². The van der Waals surface area contributed by atoms with Crippen LogP contribution in [-0.4, -0.2) is 0 Å². The van der Waals surface area contributed by atoms with Gasteiger partial charge in [-0.05, 0) is 0 Å². The van der Waals surface area contributed by atoms with Crippen LogP contribution < -0.4 is 0 Å². The summed E-state index contributed by atoms with van der Waals surface area (Å²) in [5.41, 5.74) is 0. The van der Waals surface area contributed by atoms with Gasteiger partial charge in [-0.15, -0.1) is 0 Å². The molecular formula is C11H20Hf. The van der Waals surface area contributed by atoms with Gasteiger partial charge >= 0.3 is 81.3 Å². The Morgan fingerprint density at radius 2 is 1.75 bits per heavy atom. The molecule has 0 fully saturated rings. The second kappa shape index (κ2) is 4.55. The fourth-order valence-corrected chi connectivity index (χ4v) is 16.2. The van der Waals surface area contributed by atoms with E-state index in [0.717, 1.165) is 0 Å². The third-order valence-corrected chi connectivity index (χ3v) is 24.3. The molecule has 1 aliphatic rings. The average Bonchev–Trinajstić information content (AvgIpc) is 2.62. The Labute approximate surface area is 81.1 Å². The average molecular weight is 331 g/mol. The van der Waals surface area contributed by atoms with E-state index in [0.29, 0.717) is 0 Å². The summed E-state index contributed by atoms with van der Waals surface area (Å²) in [5.74, 6) is 0. The van der Waals surface area contributed by atoms with Crippen LogP contribution in [0.2, 0.25) is 12.5 Å². The molecule has 0 amide bonds. The molecule has 0 spiro atoms. The van der Waals surface area contributed by atoms with Crippen LogP contribution in [0.1, 0.15) is 27.2 Å². The van der Waals surface area contributed by atoms with Gasteiger partial charge in [-0.3, -0.25) is 0 Å². The van der Waals surface area contributed by atoms with Crippen molar-refractivity contribution in [2.75, 3.05) is 0 Å². The number of rotatable bonds is 4. The van der Waals surface area contributed by atoms with Gasteiger partial charge < -0.3 is 0 Å². The summed E-state index contributed by atoms with van der Waals surface area (Å²) < 4.78 is 6.39. The van der Waals surface area contributed by atoms with Gasteiger partial charge in [0.25, 0.3) is 0 Å². The van der Waals surface area contributed by atoms with Crippen molar-refractivity contribution in [1.82, 2.24) is 0 Å². The van der Waals surface area contributed by atoms with E-state index < -0.39 is 20.0 Å². The summed E-state index contributed by atoms with van der Waals surface area (Å²) in [4.78, 5) is 0. The first-order valence-electron chi connectivity index (χ1n) is 5.15. The van der Waals surface area contributed by atoms with E-state index in [-0.39, 0.29) is 0 Å². The monoisotopic (exact) mass is 332 g/mol. The number of allylic oxidation sites excluding steroid dienone is 4. The third kappa shape index (κ3) is 1.81. The molecule has 0 aromatic rings. The van der Waals surface area contributed by atoms with Crippen molar-refractivity contribution in [3.05, 3.63) is 21.6 Å². The fourth-order valence-electron chi connectivity index (χ4n) is 2.27. The Hall–Kier alpha value is 0.350. The van der Waals surface area contributed by atoms with E-state index in [4.69, 9.17) is 0 Å². The SMILES string of the molecule is C[CH2][Hf]([CH2]C)([CH2]C)[C]1=CC=CC1. The van der Waals surface area contributed by atoms with Crippen LogP contribution in [0, 0.1) is 0 Å². The zero-order valence-corrected chi connectivity index (χ0v) is 12.2. The molecule has 68 valence electrons. The van der Waals surface area contributed by atoms with E-state index in [1.807, 2.05) is 3.33 Å².